The van der Waals surface area contributed by atoms with Crippen molar-refractivity contribution in [3.63, 3.8) is 0 Å². The van der Waals surface area contributed by atoms with E-state index < -0.39 is 10.0 Å². The Bertz CT molecular complexity index is 1080. The number of nitrogens with one attached hydrogen (secondary N) is 1. The van der Waals surface area contributed by atoms with Crippen LogP contribution in [-0.4, -0.2) is 43.9 Å². The highest BCUT2D eigenvalue weighted by Gasteiger charge is 2.27. The van der Waals surface area contributed by atoms with Crippen LogP contribution in [0.4, 0.5) is 5.82 Å². The Kier molecular flexibility index (Phi) is 5.84. The predicted octanol–water partition coefficient (Wildman–Crippen LogP) is 2.10. The van der Waals surface area contributed by atoms with Crippen molar-refractivity contribution in [1.82, 2.24) is 14.5 Å². The summed E-state index contributed by atoms with van der Waals surface area (Å²) in [4.78, 5) is 14.4. The van der Waals surface area contributed by atoms with Gasteiger partial charge in [0.15, 0.2) is 0 Å². The molecule has 1 unspecified atom stereocenters. The van der Waals surface area contributed by atoms with Gasteiger partial charge < -0.3 is 9.64 Å². The summed E-state index contributed by atoms with van der Waals surface area (Å²) in [6.45, 7) is 5.50. The molecule has 9 heteroatoms. The summed E-state index contributed by atoms with van der Waals surface area (Å²) in [6.07, 6.45) is 3.63. The summed E-state index contributed by atoms with van der Waals surface area (Å²) in [7, 11) is -3.62. The number of piperidine rings is 1. The number of anilines is 1. The highest BCUT2D eigenvalue weighted by molar-refractivity contribution is 7.89. The standard InChI is InChI=1S/C21H28N4O4S/c1-15(2)25-21(26)9-8-20(23-25)24-11-4-3-5-17(24)14-22-30(27,28)18-6-7-19-16(13-18)10-12-29-19/h6-9,13,15,17,22H,3-5,10-12,14H2,1-2H3. The zero-order valence-corrected chi connectivity index (χ0v) is 18.2. The van der Waals surface area contributed by atoms with Gasteiger partial charge in [-0.1, -0.05) is 0 Å². The van der Waals surface area contributed by atoms with Crippen molar-refractivity contribution in [3.8, 4) is 5.75 Å². The molecular weight excluding hydrogens is 404 g/mol. The summed E-state index contributed by atoms with van der Waals surface area (Å²) < 4.78 is 35.5. The van der Waals surface area contributed by atoms with E-state index in [1.54, 1.807) is 24.3 Å². The molecule has 1 aromatic heterocycles. The molecule has 30 heavy (non-hydrogen) atoms. The lowest BCUT2D eigenvalue weighted by Gasteiger charge is -2.36. The van der Waals surface area contributed by atoms with Gasteiger partial charge in [0, 0.05) is 31.6 Å². The molecule has 0 amide bonds. The molecule has 3 heterocycles. The molecular formula is C21H28N4O4S. The Morgan fingerprint density at radius 3 is 2.87 bits per heavy atom. The number of hydrogen-bond donors (Lipinski definition) is 1. The first-order chi connectivity index (χ1) is 14.3. The summed E-state index contributed by atoms with van der Waals surface area (Å²) in [5.74, 6) is 1.47. The van der Waals surface area contributed by atoms with Crippen molar-refractivity contribution in [3.05, 3.63) is 46.2 Å². The van der Waals surface area contributed by atoms with Gasteiger partial charge in [-0.05, 0) is 62.9 Å². The van der Waals surface area contributed by atoms with Crippen LogP contribution in [0.1, 0.15) is 44.7 Å². The number of aromatic nitrogens is 2. The third-order valence-corrected chi connectivity index (χ3v) is 7.12. The highest BCUT2D eigenvalue weighted by atomic mass is 32.2. The van der Waals surface area contributed by atoms with Gasteiger partial charge in [0.1, 0.15) is 11.6 Å². The van der Waals surface area contributed by atoms with Crippen molar-refractivity contribution < 1.29 is 13.2 Å². The highest BCUT2D eigenvalue weighted by Crippen LogP contribution is 2.28. The number of rotatable bonds is 6. The van der Waals surface area contributed by atoms with Crippen molar-refractivity contribution >= 4 is 15.8 Å². The molecule has 0 aliphatic carbocycles. The quantitative estimate of drug-likeness (QED) is 0.751. The zero-order valence-electron chi connectivity index (χ0n) is 17.4. The normalized spacial score (nSPS) is 19.0. The minimum atomic E-state index is -3.62. The third-order valence-electron chi connectivity index (χ3n) is 5.70. The summed E-state index contributed by atoms with van der Waals surface area (Å²) in [5, 5.41) is 4.53. The molecule has 0 saturated carbocycles. The minimum absolute atomic E-state index is 0.0168. The minimum Gasteiger partial charge on any atom is -0.493 e. The summed E-state index contributed by atoms with van der Waals surface area (Å²) >= 11 is 0. The Labute approximate surface area is 176 Å². The average molecular weight is 433 g/mol. The van der Waals surface area contributed by atoms with Crippen LogP contribution in [0.3, 0.4) is 0 Å². The number of hydrogen-bond acceptors (Lipinski definition) is 6. The lowest BCUT2D eigenvalue weighted by Crippen LogP contribution is -2.47. The van der Waals surface area contributed by atoms with E-state index in [4.69, 9.17) is 4.74 Å². The first kappa shape index (κ1) is 20.9. The maximum Gasteiger partial charge on any atom is 0.267 e. The molecule has 8 nitrogen and oxygen atoms in total. The van der Waals surface area contributed by atoms with E-state index in [1.165, 1.54) is 10.7 Å². The van der Waals surface area contributed by atoms with E-state index in [0.717, 1.165) is 43.5 Å². The van der Waals surface area contributed by atoms with Crippen LogP contribution in [-0.2, 0) is 16.4 Å². The number of fused-ring (bicyclic) bond motifs is 1. The molecule has 4 rings (SSSR count). The third kappa shape index (κ3) is 4.22. The monoisotopic (exact) mass is 432 g/mol. The smallest absolute Gasteiger partial charge is 0.267 e. The molecule has 0 spiro atoms. The molecule has 1 saturated heterocycles. The number of benzene rings is 1. The van der Waals surface area contributed by atoms with Gasteiger partial charge in [0.2, 0.25) is 10.0 Å². The van der Waals surface area contributed by atoms with E-state index >= 15 is 0 Å². The van der Waals surface area contributed by atoms with Crippen LogP contribution in [0.15, 0.2) is 40.0 Å². The Morgan fingerprint density at radius 2 is 2.07 bits per heavy atom. The lowest BCUT2D eigenvalue weighted by atomic mass is 10.0. The van der Waals surface area contributed by atoms with E-state index in [9.17, 15) is 13.2 Å². The summed E-state index contributed by atoms with van der Waals surface area (Å²) in [6, 6.07) is 8.22. The van der Waals surface area contributed by atoms with Crippen molar-refractivity contribution in [2.45, 2.75) is 56.5 Å². The van der Waals surface area contributed by atoms with Crippen LogP contribution < -0.4 is 19.9 Å². The van der Waals surface area contributed by atoms with Gasteiger partial charge in [0.05, 0.1) is 17.5 Å². The Hall–Kier alpha value is -2.39. The molecule has 162 valence electrons. The second-order valence-electron chi connectivity index (χ2n) is 8.13. The Morgan fingerprint density at radius 1 is 1.23 bits per heavy atom. The lowest BCUT2D eigenvalue weighted by molar-refractivity contribution is 0.356. The largest absolute Gasteiger partial charge is 0.493 e. The van der Waals surface area contributed by atoms with E-state index in [-0.39, 0.29) is 22.5 Å². The van der Waals surface area contributed by atoms with Crippen LogP contribution in [0.25, 0.3) is 0 Å². The molecule has 1 N–H and O–H groups in total. The summed E-state index contributed by atoms with van der Waals surface area (Å²) in [5.41, 5.74) is 0.793. The zero-order chi connectivity index (χ0) is 21.3. The fourth-order valence-electron chi connectivity index (χ4n) is 4.07. The molecule has 2 aliphatic heterocycles. The van der Waals surface area contributed by atoms with E-state index in [0.29, 0.717) is 19.0 Å². The van der Waals surface area contributed by atoms with Gasteiger partial charge >= 0.3 is 0 Å². The van der Waals surface area contributed by atoms with Crippen molar-refractivity contribution in [2.24, 2.45) is 0 Å². The maximum absolute atomic E-state index is 12.9. The van der Waals surface area contributed by atoms with Crippen LogP contribution in [0.5, 0.6) is 5.75 Å². The van der Waals surface area contributed by atoms with Crippen LogP contribution >= 0.6 is 0 Å². The molecule has 1 aromatic carbocycles. The molecule has 1 fully saturated rings. The molecule has 0 radical (unpaired) electrons. The van der Waals surface area contributed by atoms with Crippen molar-refractivity contribution in [2.75, 3.05) is 24.6 Å². The molecule has 0 bridgehead atoms. The fourth-order valence-corrected chi connectivity index (χ4v) is 5.20. The first-order valence-corrected chi connectivity index (χ1v) is 12.0. The van der Waals surface area contributed by atoms with Gasteiger partial charge in [-0.15, -0.1) is 0 Å². The second kappa shape index (κ2) is 8.39. The van der Waals surface area contributed by atoms with Crippen molar-refractivity contribution in [1.29, 1.82) is 0 Å². The van der Waals surface area contributed by atoms with Gasteiger partial charge in [-0.2, -0.15) is 5.10 Å². The van der Waals surface area contributed by atoms with Gasteiger partial charge in [0.25, 0.3) is 5.56 Å². The Balaban J connectivity index is 1.51. The number of nitrogens with zero attached hydrogens (tertiary/aromatic N) is 3. The number of sulfonamides is 1. The van der Waals surface area contributed by atoms with Gasteiger partial charge in [-0.25, -0.2) is 17.8 Å². The van der Waals surface area contributed by atoms with Crippen LogP contribution in [0, 0.1) is 0 Å². The molecule has 2 aliphatic rings. The van der Waals surface area contributed by atoms with E-state index in [1.807, 2.05) is 13.8 Å². The maximum atomic E-state index is 12.9. The van der Waals surface area contributed by atoms with E-state index in [2.05, 4.69) is 14.7 Å². The predicted molar refractivity (Wildman–Crippen MR) is 115 cm³/mol. The molecule has 1 atom stereocenters. The SMILES string of the molecule is CC(C)n1nc(N2CCCCC2CNS(=O)(=O)c2ccc3c(c2)CCO3)ccc1=O. The fraction of sp³-hybridized carbons (Fsp3) is 0.524. The van der Waals surface area contributed by atoms with Crippen LogP contribution in [0.2, 0.25) is 0 Å². The number of ether oxygens (including phenoxy) is 1. The average Bonchev–Trinajstić information content (AvgIpc) is 3.21. The topological polar surface area (TPSA) is 93.5 Å². The first-order valence-electron chi connectivity index (χ1n) is 10.5. The van der Waals surface area contributed by atoms with Gasteiger partial charge in [-0.3, -0.25) is 4.79 Å². The molecule has 2 aromatic rings. The second-order valence-corrected chi connectivity index (χ2v) is 9.90.